The van der Waals surface area contributed by atoms with Gasteiger partial charge < -0.3 is 15.1 Å². The molecular weight excluding hydrogens is 639 g/mol. The van der Waals surface area contributed by atoms with E-state index in [4.69, 9.17) is 23.2 Å². The van der Waals surface area contributed by atoms with Gasteiger partial charge >= 0.3 is 0 Å². The van der Waals surface area contributed by atoms with E-state index in [2.05, 4.69) is 79.2 Å². The molecular formula is C33H60Cl2N10O2. The minimum Gasteiger partial charge on any atom is -0.314 e. The molecule has 0 radical (unpaired) electrons. The molecule has 12 nitrogen and oxygen atoms in total. The third-order valence-electron chi connectivity index (χ3n) is 12.2. The van der Waals surface area contributed by atoms with E-state index in [0.29, 0.717) is 42.5 Å². The predicted octanol–water partition coefficient (Wildman–Crippen LogP) is 0.424. The van der Waals surface area contributed by atoms with E-state index in [1.807, 2.05) is 0 Å². The van der Waals surface area contributed by atoms with Crippen molar-refractivity contribution in [1.82, 2.24) is 51.5 Å². The molecule has 14 heteroatoms. The van der Waals surface area contributed by atoms with Gasteiger partial charge in [-0.2, -0.15) is 0 Å². The van der Waals surface area contributed by atoms with Crippen molar-refractivity contribution in [3.05, 3.63) is 0 Å². The van der Waals surface area contributed by atoms with Crippen molar-refractivity contribution in [2.75, 3.05) is 72.0 Å². The van der Waals surface area contributed by atoms with Crippen LogP contribution in [0.25, 0.3) is 0 Å². The molecule has 6 rings (SSSR count). The van der Waals surface area contributed by atoms with E-state index in [-0.39, 0.29) is 30.1 Å². The first-order valence-electron chi connectivity index (χ1n) is 18.5. The molecule has 0 aromatic carbocycles. The number of alkyl halides is 2. The third kappa shape index (κ3) is 8.24. The van der Waals surface area contributed by atoms with Crippen molar-refractivity contribution in [2.45, 2.75) is 113 Å². The summed E-state index contributed by atoms with van der Waals surface area (Å²) in [6.07, 6.45) is 5.83. The molecule has 0 saturated carbocycles. The molecule has 6 aliphatic rings. The van der Waals surface area contributed by atoms with Gasteiger partial charge in [-0.1, -0.05) is 6.92 Å². The number of hydrogen-bond acceptors (Lipinski definition) is 10. The SMILES string of the molecule is CCC1NC(N2CC(N3CCN(CC4CCCNC4C)C[C@H]3C)C(Cl)C(=O)N2)CCC1CN1CCN(C2CNNC(=O)C2Cl)[C@H](C)C1. The summed E-state index contributed by atoms with van der Waals surface area (Å²) >= 11 is 13.4. The molecule has 6 aliphatic heterocycles. The summed E-state index contributed by atoms with van der Waals surface area (Å²) in [4.78, 5) is 35.5. The fraction of sp³-hybridized carbons (Fsp3) is 0.939. The average molecular weight is 700 g/mol. The summed E-state index contributed by atoms with van der Waals surface area (Å²) < 4.78 is 0. The van der Waals surface area contributed by atoms with Crippen LogP contribution in [-0.2, 0) is 9.59 Å². The first-order chi connectivity index (χ1) is 22.6. The molecule has 0 aromatic rings. The second-order valence-electron chi connectivity index (χ2n) is 15.3. The van der Waals surface area contributed by atoms with Crippen molar-refractivity contribution >= 4 is 35.0 Å². The number of nitrogens with one attached hydrogen (secondary N) is 5. The number of hydrazine groups is 2. The van der Waals surface area contributed by atoms with E-state index in [1.165, 1.54) is 12.8 Å². The summed E-state index contributed by atoms with van der Waals surface area (Å²) in [6.45, 7) is 19.8. The fourth-order valence-electron chi connectivity index (χ4n) is 9.46. The van der Waals surface area contributed by atoms with Crippen LogP contribution in [0.1, 0.15) is 59.8 Å². The standard InChI is InChI=1S/C33H60Cl2N10O2/c1-5-26-25(19-42-11-13-43(21(2)16-42)27-15-37-39-32(46)30(27)34)8-9-29(38-26)45-20-28(31(35)33(47)40-45)44-14-12-41(17-22(44)3)18-24-7-6-10-36-23(24)4/h21-31,36-38H,5-20H2,1-4H3,(H,39,46)(H,40,47)/t21-,22-,23?,24?,25?,26?,27?,28?,29?,30?,31?/m1/s1. The van der Waals surface area contributed by atoms with Gasteiger partial charge in [-0.05, 0) is 71.3 Å². The lowest BCUT2D eigenvalue weighted by Gasteiger charge is -2.51. The smallest absolute Gasteiger partial charge is 0.254 e. The lowest BCUT2D eigenvalue weighted by molar-refractivity contribution is -0.136. The quantitative estimate of drug-likeness (QED) is 0.229. The summed E-state index contributed by atoms with van der Waals surface area (Å²) in [5.41, 5.74) is 8.83. The van der Waals surface area contributed by atoms with Crippen LogP contribution in [0.5, 0.6) is 0 Å². The molecule has 47 heavy (non-hydrogen) atoms. The van der Waals surface area contributed by atoms with Crippen molar-refractivity contribution < 1.29 is 9.59 Å². The van der Waals surface area contributed by atoms with E-state index in [9.17, 15) is 9.59 Å². The summed E-state index contributed by atoms with van der Waals surface area (Å²) in [6, 6.07) is 1.64. The number of hydrogen-bond donors (Lipinski definition) is 5. The Morgan fingerprint density at radius 1 is 0.787 bits per heavy atom. The highest BCUT2D eigenvalue weighted by molar-refractivity contribution is 6.31. The van der Waals surface area contributed by atoms with Gasteiger partial charge in [-0.3, -0.25) is 35.6 Å². The second-order valence-corrected chi connectivity index (χ2v) is 16.2. The lowest BCUT2D eigenvalue weighted by Crippen LogP contribution is -2.71. The maximum Gasteiger partial charge on any atom is 0.254 e. The van der Waals surface area contributed by atoms with Crippen LogP contribution < -0.4 is 26.9 Å². The molecule has 0 aromatic heterocycles. The lowest BCUT2D eigenvalue weighted by atomic mass is 9.86. The molecule has 6 fully saturated rings. The zero-order valence-corrected chi connectivity index (χ0v) is 30.5. The summed E-state index contributed by atoms with van der Waals surface area (Å²) in [7, 11) is 0. The van der Waals surface area contributed by atoms with Gasteiger partial charge in [0.05, 0.1) is 12.2 Å². The highest BCUT2D eigenvalue weighted by atomic mass is 35.5. The Labute approximate surface area is 292 Å². The Balaban J connectivity index is 1.00. The maximum atomic E-state index is 13.3. The van der Waals surface area contributed by atoms with Gasteiger partial charge in [0.1, 0.15) is 10.8 Å². The number of piperidine rings is 2. The van der Waals surface area contributed by atoms with Crippen LogP contribution in [0.15, 0.2) is 0 Å². The molecule has 0 spiro atoms. The first kappa shape index (κ1) is 36.0. The Kier molecular flexibility index (Phi) is 12.3. The normalized spacial score (nSPS) is 42.6. The Morgan fingerprint density at radius 2 is 1.45 bits per heavy atom. The number of nitrogens with zero attached hydrogens (tertiary/aromatic N) is 5. The summed E-state index contributed by atoms with van der Waals surface area (Å²) in [5.74, 6) is 1.04. The predicted molar refractivity (Wildman–Crippen MR) is 187 cm³/mol. The Hall–Kier alpha value is -0.800. The maximum absolute atomic E-state index is 13.3. The van der Waals surface area contributed by atoms with E-state index < -0.39 is 10.8 Å². The molecule has 6 heterocycles. The number of rotatable bonds is 8. The molecule has 0 bridgehead atoms. The van der Waals surface area contributed by atoms with Crippen molar-refractivity contribution in [1.29, 1.82) is 0 Å². The largest absolute Gasteiger partial charge is 0.314 e. The van der Waals surface area contributed by atoms with E-state index >= 15 is 0 Å². The highest BCUT2D eigenvalue weighted by Gasteiger charge is 2.45. The van der Waals surface area contributed by atoms with Crippen molar-refractivity contribution in [3.8, 4) is 0 Å². The zero-order chi connectivity index (χ0) is 33.2. The number of carbonyl (C=O) groups excluding carboxylic acids is 2. The zero-order valence-electron chi connectivity index (χ0n) is 29.0. The fourth-order valence-corrected chi connectivity index (χ4v) is 10.0. The third-order valence-corrected chi connectivity index (χ3v) is 13.2. The molecule has 11 atom stereocenters. The van der Waals surface area contributed by atoms with E-state index in [0.717, 1.165) is 84.7 Å². The number of piperazine rings is 2. The van der Waals surface area contributed by atoms with Gasteiger partial charge in [0, 0.05) is 95.7 Å². The van der Waals surface area contributed by atoms with Gasteiger partial charge in [-0.15, -0.1) is 23.2 Å². The van der Waals surface area contributed by atoms with Crippen molar-refractivity contribution in [3.63, 3.8) is 0 Å². The van der Waals surface area contributed by atoms with Gasteiger partial charge in [0.15, 0.2) is 0 Å². The van der Waals surface area contributed by atoms with E-state index in [1.54, 1.807) is 0 Å². The topological polar surface area (TPSA) is 110 Å². The molecule has 6 saturated heterocycles. The minimum atomic E-state index is -0.547. The molecule has 0 aliphatic carbocycles. The van der Waals surface area contributed by atoms with Crippen LogP contribution in [0, 0.1) is 11.8 Å². The number of carbonyl (C=O) groups is 2. The number of halogens is 2. The molecule has 2 amide bonds. The van der Waals surface area contributed by atoms with Gasteiger partial charge in [0.25, 0.3) is 11.8 Å². The highest BCUT2D eigenvalue weighted by Crippen LogP contribution is 2.30. The molecule has 9 unspecified atom stereocenters. The van der Waals surface area contributed by atoms with Crippen LogP contribution in [0.4, 0.5) is 0 Å². The minimum absolute atomic E-state index is 0.00625. The molecule has 5 N–H and O–H groups in total. The Morgan fingerprint density at radius 3 is 2.11 bits per heavy atom. The first-order valence-corrected chi connectivity index (χ1v) is 19.3. The molecule has 268 valence electrons. The van der Waals surface area contributed by atoms with Crippen LogP contribution in [-0.4, -0.2) is 162 Å². The van der Waals surface area contributed by atoms with Gasteiger partial charge in [-0.25, -0.2) is 10.4 Å². The van der Waals surface area contributed by atoms with Crippen LogP contribution in [0.3, 0.4) is 0 Å². The summed E-state index contributed by atoms with van der Waals surface area (Å²) in [5, 5.41) is 8.69. The number of amides is 2. The van der Waals surface area contributed by atoms with Gasteiger partial charge in [0.2, 0.25) is 0 Å². The monoisotopic (exact) mass is 698 g/mol. The van der Waals surface area contributed by atoms with Crippen LogP contribution >= 0.6 is 23.2 Å². The van der Waals surface area contributed by atoms with Crippen LogP contribution in [0.2, 0.25) is 0 Å². The Bertz CT molecular complexity index is 1080. The van der Waals surface area contributed by atoms with Crippen molar-refractivity contribution in [2.24, 2.45) is 11.8 Å². The average Bonchev–Trinajstić information content (AvgIpc) is 3.05. The second kappa shape index (κ2) is 16.0.